The molecule has 2 aromatic rings. The first-order valence-corrected chi connectivity index (χ1v) is 7.41. The number of carbonyl (C=O) groups is 1. The van der Waals surface area contributed by atoms with Crippen LogP contribution in [0.15, 0.2) is 42.7 Å². The Kier molecular flexibility index (Phi) is 5.03. The second-order valence-corrected chi connectivity index (χ2v) is 5.03. The second kappa shape index (κ2) is 6.99. The minimum Gasteiger partial charge on any atom is -0.461 e. The maximum absolute atomic E-state index is 11.7. The van der Waals surface area contributed by atoms with Crippen molar-refractivity contribution in [2.75, 3.05) is 18.6 Å². The van der Waals surface area contributed by atoms with Crippen LogP contribution in [0.4, 0.5) is 0 Å². The van der Waals surface area contributed by atoms with Crippen molar-refractivity contribution in [2.45, 2.75) is 6.54 Å². The van der Waals surface area contributed by atoms with Crippen LogP contribution in [0.25, 0.3) is 0 Å². The van der Waals surface area contributed by atoms with Crippen LogP contribution in [0, 0.1) is 0 Å². The standard InChI is InChI=1S/C14H16N2O2S/c1-19-8-7-18-14(17)13-9-15-16(11-13)10-12-5-3-2-4-6-12/h2-6,9,11H,7-8,10H2,1H3. The molecule has 0 saturated heterocycles. The van der Waals surface area contributed by atoms with Gasteiger partial charge in [-0.3, -0.25) is 4.68 Å². The van der Waals surface area contributed by atoms with Crippen molar-refractivity contribution in [3.05, 3.63) is 53.9 Å². The van der Waals surface area contributed by atoms with Crippen LogP contribution in [0.1, 0.15) is 15.9 Å². The number of nitrogens with zero attached hydrogens (tertiary/aromatic N) is 2. The molecule has 0 radical (unpaired) electrons. The van der Waals surface area contributed by atoms with Gasteiger partial charge in [-0.2, -0.15) is 16.9 Å². The van der Waals surface area contributed by atoms with E-state index in [0.29, 0.717) is 18.7 Å². The van der Waals surface area contributed by atoms with Gasteiger partial charge in [0, 0.05) is 11.9 Å². The first-order valence-electron chi connectivity index (χ1n) is 6.02. The molecule has 1 heterocycles. The summed E-state index contributed by atoms with van der Waals surface area (Å²) in [6.45, 7) is 1.09. The summed E-state index contributed by atoms with van der Waals surface area (Å²) in [5, 5.41) is 4.17. The molecule has 0 aliphatic rings. The number of ether oxygens (including phenoxy) is 1. The molecule has 0 spiro atoms. The van der Waals surface area contributed by atoms with Crippen molar-refractivity contribution in [3.8, 4) is 0 Å². The average Bonchev–Trinajstić information content (AvgIpc) is 2.89. The van der Waals surface area contributed by atoms with Crippen LogP contribution < -0.4 is 0 Å². The van der Waals surface area contributed by atoms with Gasteiger partial charge in [0.05, 0.1) is 18.3 Å². The molecule has 100 valence electrons. The van der Waals surface area contributed by atoms with Crippen LogP contribution in [-0.4, -0.2) is 34.4 Å². The second-order valence-electron chi connectivity index (χ2n) is 4.04. The zero-order valence-corrected chi connectivity index (χ0v) is 11.6. The zero-order chi connectivity index (χ0) is 13.5. The molecule has 0 atom stereocenters. The largest absolute Gasteiger partial charge is 0.461 e. The summed E-state index contributed by atoms with van der Waals surface area (Å²) in [4.78, 5) is 11.7. The van der Waals surface area contributed by atoms with E-state index in [4.69, 9.17) is 4.74 Å². The summed E-state index contributed by atoms with van der Waals surface area (Å²) >= 11 is 1.65. The highest BCUT2D eigenvalue weighted by Gasteiger charge is 2.09. The lowest BCUT2D eigenvalue weighted by atomic mass is 10.2. The summed E-state index contributed by atoms with van der Waals surface area (Å²) in [7, 11) is 0. The molecule has 0 fully saturated rings. The quantitative estimate of drug-likeness (QED) is 0.600. The molecule has 0 aliphatic carbocycles. The van der Waals surface area contributed by atoms with E-state index in [1.54, 1.807) is 28.8 Å². The Morgan fingerprint density at radius 1 is 1.37 bits per heavy atom. The van der Waals surface area contributed by atoms with E-state index >= 15 is 0 Å². The zero-order valence-electron chi connectivity index (χ0n) is 10.8. The van der Waals surface area contributed by atoms with Crippen molar-refractivity contribution in [1.29, 1.82) is 0 Å². The van der Waals surface area contributed by atoms with Gasteiger partial charge < -0.3 is 4.74 Å². The van der Waals surface area contributed by atoms with Gasteiger partial charge in [-0.1, -0.05) is 30.3 Å². The number of aromatic nitrogens is 2. The van der Waals surface area contributed by atoms with Crippen molar-refractivity contribution >= 4 is 17.7 Å². The summed E-state index contributed by atoms with van der Waals surface area (Å²) in [6.07, 6.45) is 5.24. The monoisotopic (exact) mass is 276 g/mol. The molecule has 0 bridgehead atoms. The van der Waals surface area contributed by atoms with E-state index in [9.17, 15) is 4.79 Å². The molecule has 4 nitrogen and oxygen atoms in total. The summed E-state index contributed by atoms with van der Waals surface area (Å²) < 4.78 is 6.86. The third-order valence-electron chi connectivity index (χ3n) is 2.58. The van der Waals surface area contributed by atoms with Gasteiger partial charge in [0.25, 0.3) is 0 Å². The van der Waals surface area contributed by atoms with Gasteiger partial charge in [-0.15, -0.1) is 0 Å². The minimum absolute atomic E-state index is 0.312. The molecule has 19 heavy (non-hydrogen) atoms. The Balaban J connectivity index is 1.93. The van der Waals surface area contributed by atoms with Crippen LogP contribution in [0.2, 0.25) is 0 Å². The normalized spacial score (nSPS) is 10.4. The molecule has 1 aromatic carbocycles. The van der Waals surface area contributed by atoms with Crippen LogP contribution in [0.5, 0.6) is 0 Å². The van der Waals surface area contributed by atoms with E-state index in [1.807, 2.05) is 36.6 Å². The van der Waals surface area contributed by atoms with Crippen molar-refractivity contribution in [2.24, 2.45) is 0 Å². The fraction of sp³-hybridized carbons (Fsp3) is 0.286. The predicted molar refractivity (Wildman–Crippen MR) is 76.4 cm³/mol. The van der Waals surface area contributed by atoms with Crippen LogP contribution in [0.3, 0.4) is 0 Å². The fourth-order valence-corrected chi connectivity index (χ4v) is 1.88. The van der Waals surface area contributed by atoms with E-state index < -0.39 is 0 Å². The topological polar surface area (TPSA) is 44.1 Å². The number of carbonyl (C=O) groups excluding carboxylic acids is 1. The van der Waals surface area contributed by atoms with Gasteiger partial charge in [0.15, 0.2) is 0 Å². The van der Waals surface area contributed by atoms with Gasteiger partial charge in [0.2, 0.25) is 0 Å². The highest BCUT2D eigenvalue weighted by Crippen LogP contribution is 2.05. The highest BCUT2D eigenvalue weighted by molar-refractivity contribution is 7.98. The van der Waals surface area contributed by atoms with Crippen molar-refractivity contribution in [1.82, 2.24) is 9.78 Å². The first-order chi connectivity index (χ1) is 9.29. The van der Waals surface area contributed by atoms with E-state index in [1.165, 1.54) is 0 Å². The molecule has 0 unspecified atom stereocenters. The number of esters is 1. The average molecular weight is 276 g/mol. The Labute approximate surface area is 116 Å². The van der Waals surface area contributed by atoms with E-state index in [0.717, 1.165) is 11.3 Å². The van der Waals surface area contributed by atoms with Gasteiger partial charge in [-0.25, -0.2) is 4.79 Å². The molecule has 0 amide bonds. The first kappa shape index (κ1) is 13.7. The van der Waals surface area contributed by atoms with Crippen LogP contribution in [-0.2, 0) is 11.3 Å². The summed E-state index contributed by atoms with van der Waals surface area (Å²) in [5.41, 5.74) is 1.64. The van der Waals surface area contributed by atoms with E-state index in [-0.39, 0.29) is 5.97 Å². The van der Waals surface area contributed by atoms with Gasteiger partial charge >= 0.3 is 5.97 Å². The number of hydrogen-bond donors (Lipinski definition) is 0. The Morgan fingerprint density at radius 2 is 2.16 bits per heavy atom. The minimum atomic E-state index is -0.312. The number of hydrogen-bond acceptors (Lipinski definition) is 4. The molecule has 0 saturated carbocycles. The van der Waals surface area contributed by atoms with Crippen molar-refractivity contribution < 1.29 is 9.53 Å². The SMILES string of the molecule is CSCCOC(=O)c1cnn(Cc2ccccc2)c1. The number of thioether (sulfide) groups is 1. The van der Waals surface area contributed by atoms with Crippen LogP contribution >= 0.6 is 11.8 Å². The predicted octanol–water partition coefficient (Wildman–Crippen LogP) is 2.45. The molecular formula is C14H16N2O2S. The summed E-state index contributed by atoms with van der Waals surface area (Å²) in [5.74, 6) is 0.498. The number of benzene rings is 1. The third kappa shape index (κ3) is 4.13. The maximum Gasteiger partial charge on any atom is 0.341 e. The van der Waals surface area contributed by atoms with Crippen molar-refractivity contribution in [3.63, 3.8) is 0 Å². The lowest BCUT2D eigenvalue weighted by Crippen LogP contribution is -2.07. The smallest absolute Gasteiger partial charge is 0.341 e. The Bertz CT molecular complexity index is 525. The Hall–Kier alpha value is -1.75. The molecule has 1 aromatic heterocycles. The molecule has 0 N–H and O–H groups in total. The van der Waals surface area contributed by atoms with E-state index in [2.05, 4.69) is 5.10 Å². The summed E-state index contributed by atoms with van der Waals surface area (Å²) in [6, 6.07) is 9.99. The lowest BCUT2D eigenvalue weighted by Gasteiger charge is -2.01. The fourth-order valence-electron chi connectivity index (χ4n) is 1.63. The van der Waals surface area contributed by atoms with Gasteiger partial charge in [-0.05, 0) is 11.8 Å². The highest BCUT2D eigenvalue weighted by atomic mass is 32.2. The molecule has 2 rings (SSSR count). The number of rotatable bonds is 6. The molecule has 0 aliphatic heterocycles. The van der Waals surface area contributed by atoms with Gasteiger partial charge in [0.1, 0.15) is 6.61 Å². The molecule has 5 heteroatoms. The lowest BCUT2D eigenvalue weighted by molar-refractivity contribution is 0.0530. The molecular weight excluding hydrogens is 260 g/mol. The third-order valence-corrected chi connectivity index (χ3v) is 3.15. The maximum atomic E-state index is 11.7. The Morgan fingerprint density at radius 3 is 2.89 bits per heavy atom.